The molecule has 1 saturated carbocycles. The van der Waals surface area contributed by atoms with E-state index < -0.39 is 33.4 Å². The lowest BCUT2D eigenvalue weighted by atomic mass is 9.91. The van der Waals surface area contributed by atoms with Crippen LogP contribution in [0.25, 0.3) is 0 Å². The van der Waals surface area contributed by atoms with Gasteiger partial charge in [0.05, 0.1) is 12.4 Å². The van der Waals surface area contributed by atoms with E-state index >= 15 is 0 Å². The normalized spacial score (nSPS) is 18.8. The van der Waals surface area contributed by atoms with Crippen molar-refractivity contribution in [3.05, 3.63) is 41.7 Å². The Kier molecular flexibility index (Phi) is 7.52. The van der Waals surface area contributed by atoms with Crippen LogP contribution in [0.15, 0.2) is 30.4 Å². The van der Waals surface area contributed by atoms with Gasteiger partial charge in [-0.1, -0.05) is 25.1 Å². The van der Waals surface area contributed by atoms with Crippen LogP contribution in [0, 0.1) is 11.7 Å². The molecule has 3 amide bonds. The average molecular weight is 470 g/mol. The molecule has 1 saturated heterocycles. The van der Waals surface area contributed by atoms with Gasteiger partial charge in [-0.3, -0.25) is 10.1 Å². The van der Waals surface area contributed by atoms with Gasteiger partial charge in [0, 0.05) is 13.1 Å². The summed E-state index contributed by atoms with van der Waals surface area (Å²) in [4.78, 5) is 23.8. The number of rotatable bonds is 12. The van der Waals surface area contributed by atoms with E-state index in [1.54, 1.807) is 6.92 Å². The highest BCUT2D eigenvalue weighted by molar-refractivity contribution is 7.89. The first-order valence-electron chi connectivity index (χ1n) is 10.5. The SMILES string of the molecule is CCC(O)(CNS(=O)(=O)C/C=C/CN1CC(=O)NC1=O)c1ccc(F)c(OCC2CC2)c1. The number of halogens is 1. The van der Waals surface area contributed by atoms with E-state index in [9.17, 15) is 27.5 Å². The second-order valence-electron chi connectivity index (χ2n) is 8.09. The summed E-state index contributed by atoms with van der Waals surface area (Å²) < 4.78 is 46.6. The Hall–Kier alpha value is -2.50. The number of amides is 3. The molecule has 1 aliphatic carbocycles. The molecule has 3 rings (SSSR count). The van der Waals surface area contributed by atoms with E-state index in [-0.39, 0.29) is 37.6 Å². The molecule has 3 N–H and O–H groups in total. The molecule has 1 aromatic carbocycles. The number of nitrogens with one attached hydrogen (secondary N) is 2. The molecule has 176 valence electrons. The van der Waals surface area contributed by atoms with Crippen LogP contribution in [0.4, 0.5) is 9.18 Å². The van der Waals surface area contributed by atoms with Gasteiger partial charge in [-0.05, 0) is 42.9 Å². The number of sulfonamides is 1. The monoisotopic (exact) mass is 469 g/mol. The lowest BCUT2D eigenvalue weighted by Crippen LogP contribution is -2.41. The molecular formula is C21H28FN3O6S. The Morgan fingerprint density at radius 1 is 1.34 bits per heavy atom. The lowest BCUT2D eigenvalue weighted by molar-refractivity contribution is -0.118. The van der Waals surface area contributed by atoms with Crippen LogP contribution >= 0.6 is 0 Å². The van der Waals surface area contributed by atoms with E-state index in [1.807, 2.05) is 0 Å². The van der Waals surface area contributed by atoms with Gasteiger partial charge >= 0.3 is 6.03 Å². The van der Waals surface area contributed by atoms with Gasteiger partial charge in [0.15, 0.2) is 11.6 Å². The fourth-order valence-corrected chi connectivity index (χ4v) is 4.11. The molecule has 1 unspecified atom stereocenters. The second-order valence-corrected chi connectivity index (χ2v) is 9.94. The maximum atomic E-state index is 14.1. The number of hydrogen-bond acceptors (Lipinski definition) is 6. The maximum absolute atomic E-state index is 14.1. The molecule has 0 bridgehead atoms. The predicted octanol–water partition coefficient (Wildman–Crippen LogP) is 1.24. The van der Waals surface area contributed by atoms with Crippen LogP contribution in [0.1, 0.15) is 31.7 Å². The van der Waals surface area contributed by atoms with Crippen molar-refractivity contribution in [1.29, 1.82) is 0 Å². The molecule has 11 heteroatoms. The topological polar surface area (TPSA) is 125 Å². The fourth-order valence-electron chi connectivity index (χ4n) is 3.14. The van der Waals surface area contributed by atoms with Gasteiger partial charge in [0.2, 0.25) is 15.9 Å². The highest BCUT2D eigenvalue weighted by atomic mass is 32.2. The van der Waals surface area contributed by atoms with Crippen LogP contribution in [-0.4, -0.2) is 62.4 Å². The van der Waals surface area contributed by atoms with Crippen molar-refractivity contribution in [1.82, 2.24) is 14.9 Å². The Morgan fingerprint density at radius 2 is 2.09 bits per heavy atom. The number of hydrogen-bond donors (Lipinski definition) is 3. The number of aliphatic hydroxyl groups is 1. The molecule has 1 aliphatic heterocycles. The number of carbonyl (C=O) groups is 2. The maximum Gasteiger partial charge on any atom is 0.324 e. The largest absolute Gasteiger partial charge is 0.490 e. The summed E-state index contributed by atoms with van der Waals surface area (Å²) in [7, 11) is -3.77. The van der Waals surface area contributed by atoms with Crippen molar-refractivity contribution in [2.45, 2.75) is 31.8 Å². The second kappa shape index (κ2) is 9.97. The van der Waals surface area contributed by atoms with Crippen LogP contribution in [0.3, 0.4) is 0 Å². The van der Waals surface area contributed by atoms with Gasteiger partial charge in [-0.25, -0.2) is 22.3 Å². The number of ether oxygens (including phenoxy) is 1. The minimum Gasteiger partial charge on any atom is -0.490 e. The van der Waals surface area contributed by atoms with Crippen LogP contribution in [-0.2, 0) is 20.4 Å². The third kappa shape index (κ3) is 6.50. The molecule has 2 fully saturated rings. The molecule has 32 heavy (non-hydrogen) atoms. The molecular weight excluding hydrogens is 441 g/mol. The molecule has 0 spiro atoms. The van der Waals surface area contributed by atoms with E-state index in [0.29, 0.717) is 18.1 Å². The summed E-state index contributed by atoms with van der Waals surface area (Å²) in [6, 6.07) is 3.51. The van der Waals surface area contributed by atoms with Crippen LogP contribution in [0.2, 0.25) is 0 Å². The smallest absolute Gasteiger partial charge is 0.324 e. The van der Waals surface area contributed by atoms with Crippen molar-refractivity contribution in [2.24, 2.45) is 5.92 Å². The van der Waals surface area contributed by atoms with Gasteiger partial charge in [0.1, 0.15) is 12.1 Å². The third-order valence-electron chi connectivity index (χ3n) is 5.49. The molecule has 2 aliphatic rings. The van der Waals surface area contributed by atoms with Gasteiger partial charge in [0.25, 0.3) is 0 Å². The Labute approximate surface area is 186 Å². The lowest BCUT2D eigenvalue weighted by Gasteiger charge is -2.28. The Balaban J connectivity index is 1.56. The highest BCUT2D eigenvalue weighted by Gasteiger charge is 2.30. The zero-order chi connectivity index (χ0) is 23.4. The number of imide groups is 1. The summed E-state index contributed by atoms with van der Waals surface area (Å²) in [6.07, 6.45) is 5.15. The zero-order valence-electron chi connectivity index (χ0n) is 17.8. The predicted molar refractivity (Wildman–Crippen MR) is 115 cm³/mol. The van der Waals surface area contributed by atoms with Crippen molar-refractivity contribution in [3.8, 4) is 5.75 Å². The molecule has 0 aromatic heterocycles. The van der Waals surface area contributed by atoms with E-state index in [2.05, 4.69) is 10.0 Å². The number of nitrogens with zero attached hydrogens (tertiary/aromatic N) is 1. The molecule has 9 nitrogen and oxygen atoms in total. The Bertz CT molecular complexity index is 995. The summed E-state index contributed by atoms with van der Waals surface area (Å²) in [5.74, 6) is -0.833. The quantitative estimate of drug-likeness (QED) is 0.312. The van der Waals surface area contributed by atoms with Crippen LogP contribution < -0.4 is 14.8 Å². The van der Waals surface area contributed by atoms with Crippen molar-refractivity contribution < 1.29 is 32.2 Å². The standard InChI is InChI=1S/C21H28FN3O6S/c1-2-21(28,16-7-8-17(22)18(11-16)31-13-15-5-6-15)14-23-32(29,30)10-4-3-9-25-12-19(26)24-20(25)27/h3-4,7-8,11,15,23,28H,2,5-6,9-10,12-14H2,1H3,(H,24,26,27)/b4-3+. The first-order valence-corrected chi connectivity index (χ1v) is 12.1. The van der Waals surface area contributed by atoms with Gasteiger partial charge in [-0.15, -0.1) is 0 Å². The summed E-state index contributed by atoms with van der Waals surface area (Å²) >= 11 is 0. The van der Waals surface area contributed by atoms with E-state index in [1.165, 1.54) is 35.3 Å². The van der Waals surface area contributed by atoms with Crippen molar-refractivity contribution in [2.75, 3.05) is 32.0 Å². The number of benzene rings is 1. The highest BCUT2D eigenvalue weighted by Crippen LogP contribution is 2.32. The first kappa shape index (κ1) is 24.1. The molecule has 1 heterocycles. The summed E-state index contributed by atoms with van der Waals surface area (Å²) in [6.45, 7) is 1.85. The van der Waals surface area contributed by atoms with Gasteiger partial charge < -0.3 is 14.7 Å². The molecule has 1 aromatic rings. The van der Waals surface area contributed by atoms with E-state index in [0.717, 1.165) is 12.8 Å². The first-order chi connectivity index (χ1) is 15.1. The molecule has 0 radical (unpaired) electrons. The van der Waals surface area contributed by atoms with Crippen molar-refractivity contribution in [3.63, 3.8) is 0 Å². The average Bonchev–Trinajstić information content (AvgIpc) is 3.52. The van der Waals surface area contributed by atoms with Crippen LogP contribution in [0.5, 0.6) is 5.75 Å². The zero-order valence-corrected chi connectivity index (χ0v) is 18.7. The fraction of sp³-hybridized carbons (Fsp3) is 0.524. The summed E-state index contributed by atoms with van der Waals surface area (Å²) in [5.41, 5.74) is -1.19. The van der Waals surface area contributed by atoms with Gasteiger partial charge in [-0.2, -0.15) is 0 Å². The number of urea groups is 1. The molecule has 1 atom stereocenters. The number of carbonyl (C=O) groups excluding carboxylic acids is 2. The minimum atomic E-state index is -3.77. The summed E-state index contributed by atoms with van der Waals surface area (Å²) in [5, 5.41) is 13.2. The minimum absolute atomic E-state index is 0.0384. The third-order valence-corrected chi connectivity index (χ3v) is 6.70. The van der Waals surface area contributed by atoms with E-state index in [4.69, 9.17) is 4.74 Å². The van der Waals surface area contributed by atoms with Crippen molar-refractivity contribution >= 4 is 22.0 Å². The Morgan fingerprint density at radius 3 is 2.72 bits per heavy atom.